The van der Waals surface area contributed by atoms with Crippen LogP contribution in [0.5, 0.6) is 0 Å². The summed E-state index contributed by atoms with van der Waals surface area (Å²) in [4.78, 5) is 0. The third kappa shape index (κ3) is 3.56. The van der Waals surface area contributed by atoms with Gasteiger partial charge in [0.15, 0.2) is 0 Å². The quantitative estimate of drug-likeness (QED) is 0.871. The second-order valence-corrected chi connectivity index (χ2v) is 9.84. The zero-order valence-corrected chi connectivity index (χ0v) is 14.0. The van der Waals surface area contributed by atoms with Crippen LogP contribution in [0.15, 0.2) is 0 Å². The first-order valence-electron chi connectivity index (χ1n) is 8.13. The first kappa shape index (κ1) is 16.3. The molecule has 3 nitrogen and oxygen atoms in total. The van der Waals surface area contributed by atoms with Crippen molar-refractivity contribution in [3.63, 3.8) is 0 Å². The minimum atomic E-state index is -2.97. The van der Waals surface area contributed by atoms with Crippen LogP contribution in [0.2, 0.25) is 0 Å². The van der Waals surface area contributed by atoms with Gasteiger partial charge >= 0.3 is 0 Å². The maximum Gasteiger partial charge on any atom is 0.150 e. The van der Waals surface area contributed by atoms with Gasteiger partial charge in [-0.25, -0.2) is 8.42 Å². The zero-order chi connectivity index (χ0) is 15.0. The Morgan fingerprint density at radius 1 is 1.15 bits per heavy atom. The third-order valence-electron chi connectivity index (χ3n) is 5.73. The van der Waals surface area contributed by atoms with Crippen molar-refractivity contribution in [3.8, 4) is 0 Å². The molecular formula is C16H30O3S. The summed E-state index contributed by atoms with van der Waals surface area (Å²) in [5, 5.41) is 10.9. The fraction of sp³-hybridized carbons (Fsp3) is 1.00. The van der Waals surface area contributed by atoms with Gasteiger partial charge < -0.3 is 5.11 Å². The molecule has 0 saturated heterocycles. The Bertz CT molecular complexity index is 429. The van der Waals surface area contributed by atoms with Crippen LogP contribution in [0, 0.1) is 17.8 Å². The lowest BCUT2D eigenvalue weighted by atomic mass is 9.65. The Morgan fingerprint density at radius 3 is 2.45 bits per heavy atom. The van der Waals surface area contributed by atoms with E-state index in [-0.39, 0.29) is 11.2 Å². The molecule has 0 heterocycles. The van der Waals surface area contributed by atoms with Crippen molar-refractivity contribution in [2.24, 2.45) is 17.8 Å². The minimum Gasteiger partial charge on any atom is -0.390 e. The van der Waals surface area contributed by atoms with E-state index in [4.69, 9.17) is 0 Å². The van der Waals surface area contributed by atoms with E-state index in [9.17, 15) is 13.5 Å². The minimum absolute atomic E-state index is 0.178. The maximum absolute atomic E-state index is 11.8. The summed E-state index contributed by atoms with van der Waals surface area (Å²) in [6, 6.07) is 0. The molecule has 118 valence electrons. The Labute approximate surface area is 124 Å². The van der Waals surface area contributed by atoms with Crippen LogP contribution >= 0.6 is 0 Å². The van der Waals surface area contributed by atoms with E-state index in [1.165, 1.54) is 12.7 Å². The van der Waals surface area contributed by atoms with Crippen LogP contribution in [0.4, 0.5) is 0 Å². The van der Waals surface area contributed by atoms with E-state index in [0.717, 1.165) is 38.5 Å². The summed E-state index contributed by atoms with van der Waals surface area (Å²) < 4.78 is 23.6. The topological polar surface area (TPSA) is 54.4 Å². The van der Waals surface area contributed by atoms with Crippen LogP contribution < -0.4 is 0 Å². The molecule has 4 atom stereocenters. The lowest BCUT2D eigenvalue weighted by Crippen LogP contribution is -2.46. The molecule has 20 heavy (non-hydrogen) atoms. The summed E-state index contributed by atoms with van der Waals surface area (Å²) in [6.45, 7) is 4.47. The standard InChI is InChI=1S/C16H30O3S/c1-12(2)13-6-5-9-16(17,11-13)14-7-4-8-15(10-14)20(3,18)19/h12-15,17H,4-11H2,1-3H3. The average molecular weight is 302 g/mol. The van der Waals surface area contributed by atoms with Gasteiger partial charge in [-0.2, -0.15) is 0 Å². The number of hydrogen-bond acceptors (Lipinski definition) is 3. The highest BCUT2D eigenvalue weighted by atomic mass is 32.2. The molecule has 0 aromatic rings. The van der Waals surface area contributed by atoms with Crippen molar-refractivity contribution in [1.29, 1.82) is 0 Å². The van der Waals surface area contributed by atoms with E-state index in [1.54, 1.807) is 0 Å². The molecule has 1 N–H and O–H groups in total. The Morgan fingerprint density at radius 2 is 1.85 bits per heavy atom. The van der Waals surface area contributed by atoms with Gasteiger partial charge in [0.05, 0.1) is 10.9 Å². The van der Waals surface area contributed by atoms with Gasteiger partial charge in [0, 0.05) is 6.26 Å². The smallest absolute Gasteiger partial charge is 0.150 e. The van der Waals surface area contributed by atoms with Crippen molar-refractivity contribution in [3.05, 3.63) is 0 Å². The van der Waals surface area contributed by atoms with Gasteiger partial charge in [0.2, 0.25) is 0 Å². The van der Waals surface area contributed by atoms with Gasteiger partial charge in [-0.15, -0.1) is 0 Å². The fourth-order valence-electron chi connectivity index (χ4n) is 4.29. The lowest BCUT2D eigenvalue weighted by molar-refractivity contribution is -0.0811. The molecule has 2 aliphatic carbocycles. The SMILES string of the molecule is CC(C)C1CCCC(O)(C2CCCC(S(C)(=O)=O)C2)C1. The Hall–Kier alpha value is -0.0900. The van der Waals surface area contributed by atoms with Crippen LogP contribution in [-0.4, -0.2) is 30.6 Å². The predicted octanol–water partition coefficient (Wildman–Crippen LogP) is 3.17. The second kappa shape index (κ2) is 5.96. The summed E-state index contributed by atoms with van der Waals surface area (Å²) in [7, 11) is -2.97. The van der Waals surface area contributed by atoms with Gasteiger partial charge in [-0.05, 0) is 56.3 Å². The molecule has 0 aromatic carbocycles. The molecule has 0 radical (unpaired) electrons. The summed E-state index contributed by atoms with van der Waals surface area (Å²) in [5.74, 6) is 1.38. The molecule has 2 rings (SSSR count). The number of sulfone groups is 1. The van der Waals surface area contributed by atoms with Crippen LogP contribution in [-0.2, 0) is 9.84 Å². The van der Waals surface area contributed by atoms with Gasteiger partial charge in [0.1, 0.15) is 9.84 Å². The summed E-state index contributed by atoms with van der Waals surface area (Å²) in [6.07, 6.45) is 8.75. The first-order valence-corrected chi connectivity index (χ1v) is 10.1. The predicted molar refractivity (Wildman–Crippen MR) is 82.3 cm³/mol. The largest absolute Gasteiger partial charge is 0.390 e. The summed E-state index contributed by atoms with van der Waals surface area (Å²) >= 11 is 0. The molecule has 0 aromatic heterocycles. The van der Waals surface area contributed by atoms with E-state index in [1.807, 2.05) is 0 Å². The lowest BCUT2D eigenvalue weighted by Gasteiger charge is -2.46. The third-order valence-corrected chi connectivity index (χ3v) is 7.37. The molecule has 2 saturated carbocycles. The number of rotatable bonds is 3. The van der Waals surface area contributed by atoms with Gasteiger partial charge in [-0.1, -0.05) is 26.7 Å². The van der Waals surface area contributed by atoms with Gasteiger partial charge in [0.25, 0.3) is 0 Å². The number of aliphatic hydroxyl groups is 1. The molecule has 0 aliphatic heterocycles. The Kier molecular flexibility index (Phi) is 4.85. The normalized spacial score (nSPS) is 40.0. The number of hydrogen-bond donors (Lipinski definition) is 1. The maximum atomic E-state index is 11.8. The molecule has 4 unspecified atom stereocenters. The van der Waals surface area contributed by atoms with E-state index in [0.29, 0.717) is 18.3 Å². The summed E-state index contributed by atoms with van der Waals surface area (Å²) in [5.41, 5.74) is -0.615. The van der Waals surface area contributed by atoms with Crippen LogP contribution in [0.1, 0.15) is 65.2 Å². The van der Waals surface area contributed by atoms with E-state index in [2.05, 4.69) is 13.8 Å². The second-order valence-electron chi connectivity index (χ2n) is 7.52. The monoisotopic (exact) mass is 302 g/mol. The van der Waals surface area contributed by atoms with Crippen LogP contribution in [0.25, 0.3) is 0 Å². The molecule has 0 amide bonds. The molecular weight excluding hydrogens is 272 g/mol. The fourth-order valence-corrected chi connectivity index (χ4v) is 5.47. The highest BCUT2D eigenvalue weighted by Gasteiger charge is 2.44. The molecule has 2 fully saturated rings. The zero-order valence-electron chi connectivity index (χ0n) is 13.1. The van der Waals surface area contributed by atoms with Crippen LogP contribution in [0.3, 0.4) is 0 Å². The highest BCUT2D eigenvalue weighted by molar-refractivity contribution is 7.91. The van der Waals surface area contributed by atoms with Crippen molar-refractivity contribution >= 4 is 9.84 Å². The molecule has 0 bridgehead atoms. The van der Waals surface area contributed by atoms with E-state index >= 15 is 0 Å². The highest BCUT2D eigenvalue weighted by Crippen LogP contribution is 2.45. The van der Waals surface area contributed by atoms with E-state index < -0.39 is 15.4 Å². The van der Waals surface area contributed by atoms with Crippen molar-refractivity contribution in [1.82, 2.24) is 0 Å². The first-order chi connectivity index (χ1) is 9.22. The van der Waals surface area contributed by atoms with Crippen molar-refractivity contribution in [2.45, 2.75) is 76.1 Å². The molecule has 4 heteroatoms. The molecule has 2 aliphatic rings. The van der Waals surface area contributed by atoms with Gasteiger partial charge in [-0.3, -0.25) is 0 Å². The Balaban J connectivity index is 2.09. The molecule has 0 spiro atoms. The van der Waals surface area contributed by atoms with Crippen molar-refractivity contribution < 1.29 is 13.5 Å². The van der Waals surface area contributed by atoms with Crippen molar-refractivity contribution in [2.75, 3.05) is 6.26 Å². The average Bonchev–Trinajstić information content (AvgIpc) is 2.38.